The minimum atomic E-state index is -0.629. The monoisotopic (exact) mass is 500 g/mol. The van der Waals surface area contributed by atoms with Crippen LogP contribution in [0.15, 0.2) is 42.7 Å². The number of nitriles is 1. The molecule has 8 heteroatoms. The third-order valence-corrected chi connectivity index (χ3v) is 7.22. The van der Waals surface area contributed by atoms with Gasteiger partial charge >= 0.3 is 0 Å². The molecule has 1 aromatic heterocycles. The van der Waals surface area contributed by atoms with Crippen molar-refractivity contribution in [2.24, 2.45) is 5.92 Å². The number of allylic oxidation sites excluding steroid dienone is 2. The Hall–Kier alpha value is -2.75. The molecule has 1 aliphatic carbocycles. The van der Waals surface area contributed by atoms with Gasteiger partial charge in [0.2, 0.25) is 0 Å². The Morgan fingerprint density at radius 3 is 2.91 bits per heavy atom. The number of unbranched alkanes of at least 4 members (excludes halogenated alkanes) is 1. The maximum Gasteiger partial charge on any atom is 0.166 e. The lowest BCUT2D eigenvalue weighted by Gasteiger charge is -2.43. The summed E-state index contributed by atoms with van der Waals surface area (Å²) >= 11 is 12.4. The zero-order valence-electron chi connectivity index (χ0n) is 19.0. The number of nitrogen functional groups attached to an aromatic ring is 1. The molecule has 5 nitrogen and oxygen atoms in total. The molecule has 2 N–H and O–H groups in total. The predicted octanol–water partition coefficient (Wildman–Crippen LogP) is 6.93. The highest BCUT2D eigenvalue weighted by molar-refractivity contribution is 6.36. The second kappa shape index (κ2) is 10.7. The Balaban J connectivity index is 1.47. The molecule has 1 atom stereocenters. The van der Waals surface area contributed by atoms with Crippen molar-refractivity contribution in [2.75, 3.05) is 12.3 Å². The zero-order valence-corrected chi connectivity index (χ0v) is 20.5. The summed E-state index contributed by atoms with van der Waals surface area (Å²) in [5.41, 5.74) is 8.34. The van der Waals surface area contributed by atoms with Crippen molar-refractivity contribution in [3.8, 4) is 11.8 Å². The average molecular weight is 501 g/mol. The Labute approximate surface area is 209 Å². The van der Waals surface area contributed by atoms with E-state index in [1.165, 1.54) is 12.1 Å². The predicted molar refractivity (Wildman–Crippen MR) is 134 cm³/mol. The molecule has 178 valence electrons. The molecule has 2 aliphatic rings. The second-order valence-electron chi connectivity index (χ2n) is 8.85. The summed E-state index contributed by atoms with van der Waals surface area (Å²) in [4.78, 5) is 6.68. The molecule has 1 aromatic carbocycles. The molecule has 1 unspecified atom stereocenters. The Kier molecular flexibility index (Phi) is 7.65. The van der Waals surface area contributed by atoms with E-state index in [2.05, 4.69) is 34.3 Å². The van der Waals surface area contributed by atoms with Gasteiger partial charge in [0, 0.05) is 47.6 Å². The molecule has 1 saturated carbocycles. The molecule has 0 spiro atoms. The fourth-order valence-electron chi connectivity index (χ4n) is 4.55. The van der Waals surface area contributed by atoms with E-state index in [1.54, 1.807) is 13.1 Å². The summed E-state index contributed by atoms with van der Waals surface area (Å²) in [5, 5.41) is 8.97. The van der Waals surface area contributed by atoms with Gasteiger partial charge < -0.3 is 15.4 Å². The number of halogens is 3. The molecule has 1 aliphatic heterocycles. The molecule has 0 saturated heterocycles. The van der Waals surface area contributed by atoms with Gasteiger partial charge in [-0.1, -0.05) is 35.4 Å². The quantitative estimate of drug-likeness (QED) is 0.313. The number of benzene rings is 1. The van der Waals surface area contributed by atoms with Crippen molar-refractivity contribution in [2.45, 2.75) is 51.2 Å². The van der Waals surface area contributed by atoms with Crippen LogP contribution < -0.4 is 10.5 Å². The molecule has 34 heavy (non-hydrogen) atoms. The Morgan fingerprint density at radius 1 is 1.35 bits per heavy atom. The average Bonchev–Trinajstić information content (AvgIpc) is 2.79. The normalized spacial score (nSPS) is 20.3. The third kappa shape index (κ3) is 5.32. The first-order valence-corrected chi connectivity index (χ1v) is 12.2. The van der Waals surface area contributed by atoms with Gasteiger partial charge in [0.25, 0.3) is 0 Å². The fourth-order valence-corrected chi connectivity index (χ4v) is 5.23. The van der Waals surface area contributed by atoms with Crippen LogP contribution in [0.1, 0.15) is 56.3 Å². The van der Waals surface area contributed by atoms with Gasteiger partial charge in [-0.25, -0.2) is 9.37 Å². The van der Waals surface area contributed by atoms with Crippen LogP contribution in [0.2, 0.25) is 10.0 Å². The lowest BCUT2D eigenvalue weighted by molar-refractivity contribution is 0.121. The fraction of sp³-hybridized carbons (Fsp3) is 0.385. The summed E-state index contributed by atoms with van der Waals surface area (Å²) in [6.07, 6.45) is 12.5. The number of aromatic nitrogens is 1. The van der Waals surface area contributed by atoms with E-state index >= 15 is 0 Å². The maximum absolute atomic E-state index is 14.0. The van der Waals surface area contributed by atoms with E-state index in [9.17, 15) is 4.39 Å². The lowest BCUT2D eigenvalue weighted by atomic mass is 9.76. The van der Waals surface area contributed by atoms with E-state index in [-0.39, 0.29) is 10.8 Å². The zero-order chi connectivity index (χ0) is 24.2. The lowest BCUT2D eigenvalue weighted by Crippen LogP contribution is -2.42. The minimum absolute atomic E-state index is 0.0670. The van der Waals surface area contributed by atoms with E-state index in [0.717, 1.165) is 43.4 Å². The van der Waals surface area contributed by atoms with Crippen LogP contribution in [0.5, 0.6) is 5.75 Å². The van der Waals surface area contributed by atoms with Gasteiger partial charge in [0.05, 0.1) is 11.1 Å². The van der Waals surface area contributed by atoms with Gasteiger partial charge in [-0.2, -0.15) is 5.26 Å². The van der Waals surface area contributed by atoms with Crippen LogP contribution in [-0.4, -0.2) is 22.5 Å². The molecule has 0 bridgehead atoms. The van der Waals surface area contributed by atoms with Crippen LogP contribution >= 0.6 is 23.2 Å². The maximum atomic E-state index is 14.0. The molecule has 0 amide bonds. The van der Waals surface area contributed by atoms with Gasteiger partial charge in [0.15, 0.2) is 11.6 Å². The van der Waals surface area contributed by atoms with Crippen molar-refractivity contribution in [1.82, 2.24) is 9.88 Å². The summed E-state index contributed by atoms with van der Waals surface area (Å²) < 4.78 is 20.0. The van der Waals surface area contributed by atoms with Crippen molar-refractivity contribution >= 4 is 34.6 Å². The van der Waals surface area contributed by atoms with E-state index in [1.807, 2.05) is 6.07 Å². The molecular weight excluding hydrogens is 474 g/mol. The van der Waals surface area contributed by atoms with Crippen LogP contribution in [0.4, 0.5) is 10.2 Å². The topological polar surface area (TPSA) is 75.2 Å². The van der Waals surface area contributed by atoms with Crippen molar-refractivity contribution in [1.29, 1.82) is 5.26 Å². The molecule has 0 radical (unpaired) electrons. The van der Waals surface area contributed by atoms with Crippen LogP contribution in [-0.2, 0) is 0 Å². The van der Waals surface area contributed by atoms with E-state index in [4.69, 9.17) is 38.9 Å². The smallest absolute Gasteiger partial charge is 0.166 e. The first-order chi connectivity index (χ1) is 16.4. The molecule has 2 aromatic rings. The third-order valence-electron chi connectivity index (χ3n) is 6.50. The van der Waals surface area contributed by atoms with Crippen LogP contribution in [0, 0.1) is 23.1 Å². The number of ether oxygens (including phenoxy) is 1. The standard InChI is InChI=1S/C26H27Cl2FN4O/c1-16(24-21(27)7-8-22(29)25(24)28)34-23-13-19(14-32-26(23)31)18-6-4-10-33(15-18)20-11-17(12-20)5-2-3-9-30/h4,6-8,13-17,20H,2-3,5,10-12H2,1H3,(H2,31,32). The number of rotatable bonds is 8. The van der Waals surface area contributed by atoms with Gasteiger partial charge in [-0.3, -0.25) is 0 Å². The first kappa shape index (κ1) is 24.4. The summed E-state index contributed by atoms with van der Waals surface area (Å²) in [6, 6.07) is 7.26. The highest BCUT2D eigenvalue weighted by Gasteiger charge is 2.32. The first-order valence-electron chi connectivity index (χ1n) is 11.4. The number of hydrogen-bond donors (Lipinski definition) is 1. The highest BCUT2D eigenvalue weighted by Crippen LogP contribution is 2.39. The number of nitrogens with zero attached hydrogens (tertiary/aromatic N) is 3. The molecule has 1 fully saturated rings. The minimum Gasteiger partial charge on any atom is -0.482 e. The van der Waals surface area contributed by atoms with Gasteiger partial charge in [0.1, 0.15) is 11.9 Å². The van der Waals surface area contributed by atoms with Crippen molar-refractivity contribution in [3.63, 3.8) is 0 Å². The second-order valence-corrected chi connectivity index (χ2v) is 9.63. The van der Waals surface area contributed by atoms with Crippen LogP contribution in [0.3, 0.4) is 0 Å². The number of pyridine rings is 1. The number of nitrogens with two attached hydrogens (primary N) is 1. The molecular formula is C26H27Cl2FN4O. The van der Waals surface area contributed by atoms with Crippen molar-refractivity contribution < 1.29 is 9.13 Å². The van der Waals surface area contributed by atoms with Crippen molar-refractivity contribution in [3.05, 3.63) is 69.7 Å². The Bertz CT molecular complexity index is 1150. The molecule has 2 heterocycles. The SMILES string of the molecule is CC(Oc1cc(C2=CN(C3CC(CCCC#N)C3)CC=C2)cnc1N)c1c(Cl)ccc(F)c1Cl. The van der Waals surface area contributed by atoms with Gasteiger partial charge in [-0.15, -0.1) is 0 Å². The molecule has 4 rings (SSSR count). The van der Waals surface area contributed by atoms with E-state index in [0.29, 0.717) is 34.7 Å². The van der Waals surface area contributed by atoms with Crippen LogP contribution in [0.25, 0.3) is 5.57 Å². The summed E-state index contributed by atoms with van der Waals surface area (Å²) in [7, 11) is 0. The largest absolute Gasteiger partial charge is 0.482 e. The number of anilines is 1. The van der Waals surface area contributed by atoms with E-state index < -0.39 is 11.9 Å². The Morgan fingerprint density at radius 2 is 2.15 bits per heavy atom. The summed E-state index contributed by atoms with van der Waals surface area (Å²) in [6.45, 7) is 2.61. The number of hydrogen-bond acceptors (Lipinski definition) is 5. The van der Waals surface area contributed by atoms with Gasteiger partial charge in [-0.05, 0) is 62.3 Å². The summed E-state index contributed by atoms with van der Waals surface area (Å²) in [5.74, 6) is 0.768. The highest BCUT2D eigenvalue weighted by atomic mass is 35.5.